The number of rotatable bonds is 2. The van der Waals surface area contributed by atoms with Crippen LogP contribution in [0.4, 0.5) is 5.82 Å². The lowest BCUT2D eigenvalue weighted by Gasteiger charge is -2.40. The minimum absolute atomic E-state index is 0.0958. The number of H-pyrrole nitrogens is 1. The van der Waals surface area contributed by atoms with Gasteiger partial charge in [0.25, 0.3) is 5.56 Å². The van der Waals surface area contributed by atoms with Gasteiger partial charge in [0.2, 0.25) is 0 Å². The molecule has 1 aliphatic rings. The molecule has 0 radical (unpaired) electrons. The van der Waals surface area contributed by atoms with Gasteiger partial charge in [0, 0.05) is 25.2 Å². The molecule has 1 saturated heterocycles. The number of aryl methyl sites for hydroxylation is 1. The molecule has 0 spiro atoms. The molecule has 0 bridgehead atoms. The molecule has 2 atom stereocenters. The Balaban J connectivity index is 2.33. The highest BCUT2D eigenvalue weighted by molar-refractivity contribution is 5.40. The molecule has 5 heteroatoms. The number of aromatic nitrogens is 2. The summed E-state index contributed by atoms with van der Waals surface area (Å²) in [4.78, 5) is 20.7. The van der Waals surface area contributed by atoms with Gasteiger partial charge in [-0.2, -0.15) is 0 Å². The average Bonchev–Trinajstić information content (AvgIpc) is 2.27. The Hall–Kier alpha value is -1.36. The van der Waals surface area contributed by atoms with Crippen LogP contribution in [0, 0.1) is 12.8 Å². The molecular weight excluding hydrogens is 216 g/mol. The Morgan fingerprint density at radius 2 is 2.41 bits per heavy atom. The van der Waals surface area contributed by atoms with Crippen molar-refractivity contribution >= 4 is 5.82 Å². The highest BCUT2D eigenvalue weighted by Crippen LogP contribution is 2.26. The number of hydrogen-bond donors (Lipinski definition) is 2. The van der Waals surface area contributed by atoms with Gasteiger partial charge in [-0.05, 0) is 25.7 Å². The summed E-state index contributed by atoms with van der Waals surface area (Å²) in [6, 6.07) is 1.85. The zero-order valence-corrected chi connectivity index (χ0v) is 10.4. The number of aromatic amines is 1. The van der Waals surface area contributed by atoms with Crippen LogP contribution in [-0.4, -0.2) is 29.1 Å². The van der Waals surface area contributed by atoms with Gasteiger partial charge >= 0.3 is 0 Å². The van der Waals surface area contributed by atoms with Gasteiger partial charge in [-0.1, -0.05) is 6.92 Å². The Morgan fingerprint density at radius 3 is 3.06 bits per heavy atom. The standard InChI is InChI=1S/C12H20N4O/c1-8-4-3-5-16(10(8)7-13)11-6-12(17)15-9(2)14-11/h6,8,10H,3-5,7,13H2,1-2H3,(H,14,15,17). The van der Waals surface area contributed by atoms with Crippen LogP contribution < -0.4 is 16.2 Å². The van der Waals surface area contributed by atoms with Crippen LogP contribution in [0.1, 0.15) is 25.6 Å². The monoisotopic (exact) mass is 236 g/mol. The van der Waals surface area contributed by atoms with Crippen LogP contribution in [0.25, 0.3) is 0 Å². The van der Waals surface area contributed by atoms with Crippen LogP contribution in [0.2, 0.25) is 0 Å². The van der Waals surface area contributed by atoms with Gasteiger partial charge in [-0.25, -0.2) is 4.98 Å². The van der Waals surface area contributed by atoms with E-state index in [1.807, 2.05) is 0 Å². The average molecular weight is 236 g/mol. The molecule has 0 amide bonds. The van der Waals surface area contributed by atoms with E-state index in [9.17, 15) is 4.79 Å². The van der Waals surface area contributed by atoms with Crippen molar-refractivity contribution in [1.82, 2.24) is 9.97 Å². The van der Waals surface area contributed by atoms with E-state index in [0.29, 0.717) is 18.3 Å². The Morgan fingerprint density at radius 1 is 1.65 bits per heavy atom. The normalized spacial score (nSPS) is 25.0. The quantitative estimate of drug-likeness (QED) is 0.790. The van der Waals surface area contributed by atoms with Crippen molar-refractivity contribution in [3.63, 3.8) is 0 Å². The topological polar surface area (TPSA) is 75.0 Å². The van der Waals surface area contributed by atoms with Crippen LogP contribution in [0.3, 0.4) is 0 Å². The molecule has 1 aromatic heterocycles. The summed E-state index contributed by atoms with van der Waals surface area (Å²) in [5.41, 5.74) is 5.75. The zero-order chi connectivity index (χ0) is 12.4. The second kappa shape index (κ2) is 4.87. The van der Waals surface area contributed by atoms with Crippen LogP contribution in [0.5, 0.6) is 0 Å². The Labute approximate surface area is 101 Å². The van der Waals surface area contributed by atoms with Crippen molar-refractivity contribution in [2.24, 2.45) is 11.7 Å². The molecule has 0 aromatic carbocycles. The van der Waals surface area contributed by atoms with E-state index in [0.717, 1.165) is 18.8 Å². The molecule has 1 aliphatic heterocycles. The van der Waals surface area contributed by atoms with Gasteiger partial charge in [-0.15, -0.1) is 0 Å². The van der Waals surface area contributed by atoms with Crippen LogP contribution >= 0.6 is 0 Å². The molecular formula is C12H20N4O. The van der Waals surface area contributed by atoms with E-state index >= 15 is 0 Å². The number of nitrogens with two attached hydrogens (primary N) is 1. The minimum atomic E-state index is -0.0958. The number of nitrogens with one attached hydrogen (secondary N) is 1. The van der Waals surface area contributed by atoms with E-state index < -0.39 is 0 Å². The maximum atomic E-state index is 11.5. The number of piperidine rings is 1. The van der Waals surface area contributed by atoms with E-state index in [1.54, 1.807) is 13.0 Å². The van der Waals surface area contributed by atoms with Gasteiger partial charge < -0.3 is 15.6 Å². The number of nitrogens with zero attached hydrogens (tertiary/aromatic N) is 2. The van der Waals surface area contributed by atoms with Crippen molar-refractivity contribution < 1.29 is 0 Å². The maximum Gasteiger partial charge on any atom is 0.252 e. The molecule has 0 aliphatic carbocycles. The first-order chi connectivity index (χ1) is 8.11. The van der Waals surface area contributed by atoms with E-state index in [4.69, 9.17) is 5.73 Å². The smallest absolute Gasteiger partial charge is 0.252 e. The van der Waals surface area contributed by atoms with Crippen LogP contribution in [0.15, 0.2) is 10.9 Å². The molecule has 2 rings (SSSR count). The Bertz CT molecular complexity index is 442. The lowest BCUT2D eigenvalue weighted by molar-refractivity contribution is 0.347. The first kappa shape index (κ1) is 12.1. The van der Waals surface area contributed by atoms with Crippen molar-refractivity contribution in [2.75, 3.05) is 18.0 Å². The molecule has 0 saturated carbocycles. The predicted molar refractivity (Wildman–Crippen MR) is 68.2 cm³/mol. The van der Waals surface area contributed by atoms with Gasteiger partial charge in [0.1, 0.15) is 11.6 Å². The summed E-state index contributed by atoms with van der Waals surface area (Å²) >= 11 is 0. The third-order valence-electron chi connectivity index (χ3n) is 3.50. The molecule has 3 N–H and O–H groups in total. The first-order valence-corrected chi connectivity index (χ1v) is 6.16. The van der Waals surface area contributed by atoms with Crippen LogP contribution in [-0.2, 0) is 0 Å². The molecule has 17 heavy (non-hydrogen) atoms. The fourth-order valence-electron chi connectivity index (χ4n) is 2.60. The highest BCUT2D eigenvalue weighted by atomic mass is 16.1. The second-order valence-electron chi connectivity index (χ2n) is 4.80. The van der Waals surface area contributed by atoms with Crippen molar-refractivity contribution in [3.8, 4) is 0 Å². The summed E-state index contributed by atoms with van der Waals surface area (Å²) in [5.74, 6) is 1.96. The summed E-state index contributed by atoms with van der Waals surface area (Å²) in [5, 5.41) is 0. The van der Waals surface area contributed by atoms with Crippen molar-refractivity contribution in [1.29, 1.82) is 0 Å². The number of anilines is 1. The molecule has 5 nitrogen and oxygen atoms in total. The fourth-order valence-corrected chi connectivity index (χ4v) is 2.60. The summed E-state index contributed by atoms with van der Waals surface area (Å²) in [6.45, 7) is 5.55. The molecule has 2 heterocycles. The third kappa shape index (κ3) is 2.49. The lowest BCUT2D eigenvalue weighted by atomic mass is 9.91. The number of hydrogen-bond acceptors (Lipinski definition) is 4. The largest absolute Gasteiger partial charge is 0.352 e. The summed E-state index contributed by atoms with van der Waals surface area (Å²) in [6.07, 6.45) is 2.33. The van der Waals surface area contributed by atoms with E-state index in [1.165, 1.54) is 6.42 Å². The molecule has 1 aromatic rings. The van der Waals surface area contributed by atoms with Gasteiger partial charge in [0.05, 0.1) is 0 Å². The first-order valence-electron chi connectivity index (χ1n) is 6.16. The van der Waals surface area contributed by atoms with E-state index in [2.05, 4.69) is 21.8 Å². The molecule has 1 fully saturated rings. The zero-order valence-electron chi connectivity index (χ0n) is 10.4. The predicted octanol–water partition coefficient (Wildman–Crippen LogP) is 0.642. The molecule has 2 unspecified atom stereocenters. The lowest BCUT2D eigenvalue weighted by Crippen LogP contribution is -2.49. The second-order valence-corrected chi connectivity index (χ2v) is 4.80. The minimum Gasteiger partial charge on any atom is -0.352 e. The summed E-state index contributed by atoms with van der Waals surface area (Å²) < 4.78 is 0. The van der Waals surface area contributed by atoms with Gasteiger partial charge in [0.15, 0.2) is 0 Å². The van der Waals surface area contributed by atoms with E-state index in [-0.39, 0.29) is 11.6 Å². The SMILES string of the molecule is Cc1nc(N2CCCC(C)C2CN)cc(=O)[nH]1. The maximum absolute atomic E-state index is 11.5. The Kier molecular flexibility index (Phi) is 3.47. The third-order valence-corrected chi connectivity index (χ3v) is 3.50. The highest BCUT2D eigenvalue weighted by Gasteiger charge is 2.28. The molecule has 94 valence electrons. The fraction of sp³-hybridized carbons (Fsp3) is 0.667. The summed E-state index contributed by atoms with van der Waals surface area (Å²) in [7, 11) is 0. The van der Waals surface area contributed by atoms with Gasteiger partial charge in [-0.3, -0.25) is 4.79 Å². The van der Waals surface area contributed by atoms with Crippen molar-refractivity contribution in [3.05, 3.63) is 22.2 Å². The van der Waals surface area contributed by atoms with Crippen molar-refractivity contribution in [2.45, 2.75) is 32.7 Å².